The standard InChI is InChI=1S/C15H22N4OS/c1-3-19-9-12(7-17-19)15-14(5-4-6-20-15)16-8-13-10-21-11(2)18-13/h7,9-10,14-16H,3-6,8H2,1-2H3/t14-,15+/m0/s1. The molecule has 1 aliphatic heterocycles. The lowest BCUT2D eigenvalue weighted by molar-refractivity contribution is -0.0113. The summed E-state index contributed by atoms with van der Waals surface area (Å²) in [7, 11) is 0. The molecule has 0 spiro atoms. The summed E-state index contributed by atoms with van der Waals surface area (Å²) in [6.45, 7) is 6.66. The van der Waals surface area contributed by atoms with Crippen molar-refractivity contribution in [2.24, 2.45) is 0 Å². The van der Waals surface area contributed by atoms with Gasteiger partial charge < -0.3 is 10.1 Å². The van der Waals surface area contributed by atoms with E-state index in [1.54, 1.807) is 11.3 Å². The van der Waals surface area contributed by atoms with E-state index in [0.29, 0.717) is 6.04 Å². The summed E-state index contributed by atoms with van der Waals surface area (Å²) in [5.41, 5.74) is 2.29. The molecule has 0 aliphatic carbocycles. The van der Waals surface area contributed by atoms with Gasteiger partial charge in [-0.3, -0.25) is 4.68 Å². The number of thiazole rings is 1. The molecule has 0 radical (unpaired) electrons. The van der Waals surface area contributed by atoms with Crippen LogP contribution in [-0.4, -0.2) is 27.4 Å². The molecule has 1 N–H and O–H groups in total. The van der Waals surface area contributed by atoms with E-state index >= 15 is 0 Å². The highest BCUT2D eigenvalue weighted by molar-refractivity contribution is 7.09. The van der Waals surface area contributed by atoms with Gasteiger partial charge in [-0.1, -0.05) is 0 Å². The van der Waals surface area contributed by atoms with Crippen LogP contribution in [0.1, 0.15) is 42.1 Å². The Morgan fingerprint density at radius 1 is 1.52 bits per heavy atom. The number of nitrogens with zero attached hydrogens (tertiary/aromatic N) is 3. The van der Waals surface area contributed by atoms with Crippen molar-refractivity contribution in [3.63, 3.8) is 0 Å². The summed E-state index contributed by atoms with van der Waals surface area (Å²) in [5.74, 6) is 0. The maximum Gasteiger partial charge on any atom is 0.101 e. The summed E-state index contributed by atoms with van der Waals surface area (Å²) in [5, 5.41) is 11.2. The van der Waals surface area contributed by atoms with Crippen LogP contribution in [0.4, 0.5) is 0 Å². The van der Waals surface area contributed by atoms with Crippen molar-refractivity contribution in [2.75, 3.05) is 6.61 Å². The second kappa shape index (κ2) is 6.68. The number of aromatic nitrogens is 3. The molecule has 1 fully saturated rings. The van der Waals surface area contributed by atoms with Crippen LogP contribution in [-0.2, 0) is 17.8 Å². The normalized spacial score (nSPS) is 22.6. The lowest BCUT2D eigenvalue weighted by Gasteiger charge is -2.31. The summed E-state index contributed by atoms with van der Waals surface area (Å²) < 4.78 is 7.95. The highest BCUT2D eigenvalue weighted by Gasteiger charge is 2.28. The van der Waals surface area contributed by atoms with Gasteiger partial charge in [0.15, 0.2) is 0 Å². The Labute approximate surface area is 129 Å². The summed E-state index contributed by atoms with van der Waals surface area (Å²) in [6.07, 6.45) is 6.36. The highest BCUT2D eigenvalue weighted by Crippen LogP contribution is 2.28. The lowest BCUT2D eigenvalue weighted by Crippen LogP contribution is -2.39. The Kier molecular flexibility index (Phi) is 4.67. The van der Waals surface area contributed by atoms with Crippen molar-refractivity contribution in [1.82, 2.24) is 20.1 Å². The van der Waals surface area contributed by atoms with Gasteiger partial charge in [0, 0.05) is 42.9 Å². The van der Waals surface area contributed by atoms with Crippen LogP contribution in [0.15, 0.2) is 17.8 Å². The van der Waals surface area contributed by atoms with E-state index in [1.165, 1.54) is 5.56 Å². The summed E-state index contributed by atoms with van der Waals surface area (Å²) in [6, 6.07) is 0.329. The number of aryl methyl sites for hydroxylation is 2. The molecular formula is C15H22N4OS. The minimum absolute atomic E-state index is 0.0961. The first-order valence-electron chi connectivity index (χ1n) is 7.54. The second-order valence-electron chi connectivity index (χ2n) is 5.41. The molecule has 0 aromatic carbocycles. The summed E-state index contributed by atoms with van der Waals surface area (Å²) >= 11 is 1.70. The number of hydrogen-bond acceptors (Lipinski definition) is 5. The quantitative estimate of drug-likeness (QED) is 0.923. The average Bonchev–Trinajstić information content (AvgIpc) is 3.14. The molecule has 2 aromatic heterocycles. The molecule has 6 heteroatoms. The first-order valence-corrected chi connectivity index (χ1v) is 8.42. The van der Waals surface area contributed by atoms with Crippen molar-refractivity contribution >= 4 is 11.3 Å². The smallest absolute Gasteiger partial charge is 0.101 e. The third-order valence-corrected chi connectivity index (χ3v) is 4.66. The van der Waals surface area contributed by atoms with E-state index in [-0.39, 0.29) is 6.10 Å². The predicted molar refractivity (Wildman–Crippen MR) is 83.3 cm³/mol. The molecule has 0 bridgehead atoms. The van der Waals surface area contributed by atoms with Crippen molar-refractivity contribution in [1.29, 1.82) is 0 Å². The molecule has 1 aliphatic rings. The zero-order valence-corrected chi connectivity index (χ0v) is 13.4. The molecule has 0 unspecified atom stereocenters. The Morgan fingerprint density at radius 3 is 3.14 bits per heavy atom. The van der Waals surface area contributed by atoms with E-state index in [0.717, 1.165) is 43.2 Å². The van der Waals surface area contributed by atoms with Crippen LogP contribution in [0.5, 0.6) is 0 Å². The average molecular weight is 306 g/mol. The van der Waals surface area contributed by atoms with Crippen LogP contribution in [0.2, 0.25) is 0 Å². The van der Waals surface area contributed by atoms with E-state index in [1.807, 2.05) is 17.8 Å². The molecule has 3 rings (SSSR count). The van der Waals surface area contributed by atoms with Crippen molar-refractivity contribution in [3.8, 4) is 0 Å². The van der Waals surface area contributed by atoms with Crippen LogP contribution < -0.4 is 5.32 Å². The third kappa shape index (κ3) is 3.51. The third-order valence-electron chi connectivity index (χ3n) is 3.84. The topological polar surface area (TPSA) is 52.0 Å². The van der Waals surface area contributed by atoms with Gasteiger partial charge in [-0.15, -0.1) is 11.3 Å². The second-order valence-corrected chi connectivity index (χ2v) is 6.47. The van der Waals surface area contributed by atoms with Crippen LogP contribution in [0, 0.1) is 6.92 Å². The van der Waals surface area contributed by atoms with Crippen molar-refractivity contribution in [3.05, 3.63) is 34.0 Å². The first kappa shape index (κ1) is 14.7. The zero-order valence-electron chi connectivity index (χ0n) is 12.6. The molecule has 21 heavy (non-hydrogen) atoms. The Morgan fingerprint density at radius 2 is 2.43 bits per heavy atom. The molecule has 0 saturated carbocycles. The molecule has 0 amide bonds. The summed E-state index contributed by atoms with van der Waals surface area (Å²) in [4.78, 5) is 4.51. The number of nitrogens with one attached hydrogen (secondary N) is 1. The SMILES string of the molecule is CCn1cc([C@H]2OCCC[C@@H]2NCc2csc(C)n2)cn1. The van der Waals surface area contributed by atoms with Gasteiger partial charge in [0.05, 0.1) is 16.9 Å². The molecule has 3 heterocycles. The van der Waals surface area contributed by atoms with E-state index in [2.05, 4.69) is 33.9 Å². The monoisotopic (exact) mass is 306 g/mol. The fourth-order valence-electron chi connectivity index (χ4n) is 2.74. The van der Waals surface area contributed by atoms with Crippen LogP contribution in [0.3, 0.4) is 0 Å². The Bertz CT molecular complexity index is 580. The lowest BCUT2D eigenvalue weighted by atomic mass is 9.98. The van der Waals surface area contributed by atoms with Crippen LogP contribution in [0.25, 0.3) is 0 Å². The largest absolute Gasteiger partial charge is 0.372 e. The van der Waals surface area contributed by atoms with Crippen molar-refractivity contribution < 1.29 is 4.74 Å². The van der Waals surface area contributed by atoms with Crippen molar-refractivity contribution in [2.45, 2.75) is 51.9 Å². The molecule has 5 nitrogen and oxygen atoms in total. The van der Waals surface area contributed by atoms with E-state index in [9.17, 15) is 0 Å². The molecule has 114 valence electrons. The van der Waals surface area contributed by atoms with Gasteiger partial charge in [-0.25, -0.2) is 4.98 Å². The van der Waals surface area contributed by atoms with E-state index < -0.39 is 0 Å². The Hall–Kier alpha value is -1.24. The number of ether oxygens (including phenoxy) is 1. The maximum absolute atomic E-state index is 5.99. The molecular weight excluding hydrogens is 284 g/mol. The predicted octanol–water partition coefficient (Wildman–Crippen LogP) is 2.68. The van der Waals surface area contributed by atoms with Gasteiger partial charge in [-0.05, 0) is 26.7 Å². The fourth-order valence-corrected chi connectivity index (χ4v) is 3.36. The first-order chi connectivity index (χ1) is 10.3. The minimum atomic E-state index is 0.0961. The number of hydrogen-bond donors (Lipinski definition) is 1. The Balaban J connectivity index is 1.66. The van der Waals surface area contributed by atoms with Crippen LogP contribution >= 0.6 is 11.3 Å². The van der Waals surface area contributed by atoms with Gasteiger partial charge in [0.2, 0.25) is 0 Å². The highest BCUT2D eigenvalue weighted by atomic mass is 32.1. The molecule has 1 saturated heterocycles. The van der Waals surface area contributed by atoms with Gasteiger partial charge in [-0.2, -0.15) is 5.10 Å². The van der Waals surface area contributed by atoms with Gasteiger partial charge in [0.25, 0.3) is 0 Å². The fraction of sp³-hybridized carbons (Fsp3) is 0.600. The molecule has 2 aromatic rings. The molecule has 2 atom stereocenters. The van der Waals surface area contributed by atoms with Gasteiger partial charge in [0.1, 0.15) is 6.10 Å². The maximum atomic E-state index is 5.99. The van der Waals surface area contributed by atoms with Gasteiger partial charge >= 0.3 is 0 Å². The minimum Gasteiger partial charge on any atom is -0.372 e. The number of rotatable bonds is 5. The van der Waals surface area contributed by atoms with E-state index in [4.69, 9.17) is 4.74 Å². The zero-order chi connectivity index (χ0) is 14.7.